The van der Waals surface area contributed by atoms with Crippen LogP contribution in [0.15, 0.2) is 23.2 Å². The van der Waals surface area contributed by atoms with Crippen molar-refractivity contribution in [2.24, 2.45) is 4.99 Å². The molecular weight excluding hydrogens is 237 g/mol. The third-order valence-corrected chi connectivity index (χ3v) is 2.49. The van der Waals surface area contributed by atoms with Crippen LogP contribution in [-0.4, -0.2) is 23.3 Å². The SMILES string of the molecule is CC(N=Cc1ccc(Cl)c(Cl)c1)C(=O)O. The molecule has 0 spiro atoms. The summed E-state index contributed by atoms with van der Waals surface area (Å²) in [7, 11) is 0. The molecule has 3 nitrogen and oxygen atoms in total. The van der Waals surface area contributed by atoms with Crippen molar-refractivity contribution >= 4 is 35.4 Å². The summed E-state index contributed by atoms with van der Waals surface area (Å²) in [5.41, 5.74) is 0.720. The molecule has 0 aromatic heterocycles. The van der Waals surface area contributed by atoms with Crippen LogP contribution >= 0.6 is 23.2 Å². The van der Waals surface area contributed by atoms with Gasteiger partial charge in [0.25, 0.3) is 0 Å². The minimum atomic E-state index is -0.966. The van der Waals surface area contributed by atoms with Crippen molar-refractivity contribution < 1.29 is 9.90 Å². The number of carboxylic acid groups (broad SMARTS) is 1. The van der Waals surface area contributed by atoms with Crippen LogP contribution in [0.3, 0.4) is 0 Å². The standard InChI is InChI=1S/C10H9Cl2NO2/c1-6(10(14)15)13-5-7-2-3-8(11)9(12)4-7/h2-6H,1H3,(H,14,15). The van der Waals surface area contributed by atoms with Crippen molar-refractivity contribution in [3.05, 3.63) is 33.8 Å². The van der Waals surface area contributed by atoms with Crippen LogP contribution in [0, 0.1) is 0 Å². The maximum Gasteiger partial charge on any atom is 0.328 e. The fourth-order valence-electron chi connectivity index (χ4n) is 0.854. The Balaban J connectivity index is 2.81. The zero-order valence-electron chi connectivity index (χ0n) is 7.95. The lowest BCUT2D eigenvalue weighted by Crippen LogP contribution is -2.13. The molecule has 1 aromatic carbocycles. The third-order valence-electron chi connectivity index (χ3n) is 1.75. The molecule has 0 saturated heterocycles. The molecule has 0 saturated carbocycles. The fraction of sp³-hybridized carbons (Fsp3) is 0.200. The Bertz CT molecular complexity index is 404. The summed E-state index contributed by atoms with van der Waals surface area (Å²) in [4.78, 5) is 14.3. The Kier molecular flexibility index (Phi) is 4.12. The minimum Gasteiger partial charge on any atom is -0.480 e. The molecule has 0 aliphatic heterocycles. The van der Waals surface area contributed by atoms with E-state index >= 15 is 0 Å². The van der Waals surface area contributed by atoms with Crippen molar-refractivity contribution in [2.75, 3.05) is 0 Å². The number of rotatable bonds is 3. The zero-order valence-corrected chi connectivity index (χ0v) is 9.46. The van der Waals surface area contributed by atoms with E-state index in [1.807, 2.05) is 0 Å². The van der Waals surface area contributed by atoms with E-state index in [1.54, 1.807) is 18.2 Å². The summed E-state index contributed by atoms with van der Waals surface area (Å²) in [5, 5.41) is 9.48. The number of hydrogen-bond acceptors (Lipinski definition) is 2. The van der Waals surface area contributed by atoms with Gasteiger partial charge < -0.3 is 5.11 Å². The fourth-order valence-corrected chi connectivity index (χ4v) is 1.16. The second-order valence-electron chi connectivity index (χ2n) is 2.97. The Labute approximate surface area is 97.3 Å². The second-order valence-corrected chi connectivity index (χ2v) is 3.78. The van der Waals surface area contributed by atoms with Gasteiger partial charge in [0.1, 0.15) is 6.04 Å². The smallest absolute Gasteiger partial charge is 0.328 e. The number of aliphatic carboxylic acids is 1. The first-order valence-electron chi connectivity index (χ1n) is 4.21. The average molecular weight is 246 g/mol. The molecule has 0 radical (unpaired) electrons. The highest BCUT2D eigenvalue weighted by Crippen LogP contribution is 2.21. The van der Waals surface area contributed by atoms with E-state index in [4.69, 9.17) is 28.3 Å². The normalized spacial score (nSPS) is 13.0. The molecule has 0 amide bonds. The van der Waals surface area contributed by atoms with E-state index in [2.05, 4.69) is 4.99 Å². The first kappa shape index (κ1) is 12.0. The van der Waals surface area contributed by atoms with Crippen LogP contribution in [0.25, 0.3) is 0 Å². The first-order valence-corrected chi connectivity index (χ1v) is 4.97. The van der Waals surface area contributed by atoms with E-state index < -0.39 is 12.0 Å². The monoisotopic (exact) mass is 245 g/mol. The van der Waals surface area contributed by atoms with Crippen molar-refractivity contribution in [2.45, 2.75) is 13.0 Å². The van der Waals surface area contributed by atoms with E-state index in [0.717, 1.165) is 5.56 Å². The molecule has 1 unspecified atom stereocenters. The number of hydrogen-bond donors (Lipinski definition) is 1. The molecule has 0 aliphatic rings. The minimum absolute atomic E-state index is 0.420. The zero-order chi connectivity index (χ0) is 11.4. The van der Waals surface area contributed by atoms with E-state index in [0.29, 0.717) is 10.0 Å². The molecule has 5 heteroatoms. The van der Waals surface area contributed by atoms with E-state index in [-0.39, 0.29) is 0 Å². The molecule has 1 aromatic rings. The van der Waals surface area contributed by atoms with Gasteiger partial charge in [-0.3, -0.25) is 4.99 Å². The highest BCUT2D eigenvalue weighted by molar-refractivity contribution is 6.42. The van der Waals surface area contributed by atoms with Crippen molar-refractivity contribution in [1.29, 1.82) is 0 Å². The van der Waals surface area contributed by atoms with Crippen LogP contribution in [0.2, 0.25) is 10.0 Å². The molecule has 0 heterocycles. The van der Waals surface area contributed by atoms with Crippen molar-refractivity contribution in [3.8, 4) is 0 Å². The quantitative estimate of drug-likeness (QED) is 0.833. The summed E-state index contributed by atoms with van der Waals surface area (Å²) >= 11 is 11.5. The van der Waals surface area contributed by atoms with E-state index in [1.165, 1.54) is 13.1 Å². The summed E-state index contributed by atoms with van der Waals surface area (Å²) in [6.45, 7) is 1.50. The second kappa shape index (κ2) is 5.14. The predicted molar refractivity (Wildman–Crippen MR) is 61.2 cm³/mol. The number of aliphatic imine (C=N–C) groups is 1. The number of nitrogens with zero attached hydrogens (tertiary/aromatic N) is 1. The van der Waals surface area contributed by atoms with Gasteiger partial charge in [0.15, 0.2) is 0 Å². The Hall–Kier alpha value is -1.06. The lowest BCUT2D eigenvalue weighted by atomic mass is 10.2. The van der Waals surface area contributed by atoms with E-state index in [9.17, 15) is 4.79 Å². The van der Waals surface area contributed by atoms with Crippen LogP contribution < -0.4 is 0 Å². The van der Waals surface area contributed by atoms with Gasteiger partial charge >= 0.3 is 5.97 Å². The molecule has 80 valence electrons. The third kappa shape index (κ3) is 3.53. The number of halogens is 2. The molecule has 1 N–H and O–H groups in total. The Morgan fingerprint density at radius 2 is 2.13 bits per heavy atom. The predicted octanol–water partition coefficient (Wildman–Crippen LogP) is 2.89. The highest BCUT2D eigenvalue weighted by atomic mass is 35.5. The number of benzene rings is 1. The Morgan fingerprint density at radius 1 is 1.47 bits per heavy atom. The van der Waals surface area contributed by atoms with Crippen LogP contribution in [-0.2, 0) is 4.79 Å². The summed E-state index contributed by atoms with van der Waals surface area (Å²) in [6.07, 6.45) is 1.46. The van der Waals surface area contributed by atoms with Crippen LogP contribution in [0.1, 0.15) is 12.5 Å². The van der Waals surface area contributed by atoms with Crippen LogP contribution in [0.4, 0.5) is 0 Å². The van der Waals surface area contributed by atoms with Gasteiger partial charge in [0, 0.05) is 6.21 Å². The lowest BCUT2D eigenvalue weighted by Gasteiger charge is -1.99. The maximum atomic E-state index is 10.5. The largest absolute Gasteiger partial charge is 0.480 e. The number of carbonyl (C=O) groups is 1. The summed E-state index contributed by atoms with van der Waals surface area (Å²) in [6, 6.07) is 4.21. The summed E-state index contributed by atoms with van der Waals surface area (Å²) < 4.78 is 0. The van der Waals surface area contributed by atoms with Gasteiger partial charge in [-0.25, -0.2) is 4.79 Å². The van der Waals surface area contributed by atoms with Gasteiger partial charge in [-0.2, -0.15) is 0 Å². The topological polar surface area (TPSA) is 49.7 Å². The van der Waals surface area contributed by atoms with Crippen molar-refractivity contribution in [1.82, 2.24) is 0 Å². The average Bonchev–Trinajstić information content (AvgIpc) is 2.19. The molecular formula is C10H9Cl2NO2. The lowest BCUT2D eigenvalue weighted by molar-refractivity contribution is -0.137. The van der Waals surface area contributed by atoms with Gasteiger partial charge in [0.2, 0.25) is 0 Å². The maximum absolute atomic E-state index is 10.5. The first-order chi connectivity index (χ1) is 7.00. The molecule has 0 bridgehead atoms. The van der Waals surface area contributed by atoms with Gasteiger partial charge in [-0.15, -0.1) is 0 Å². The Morgan fingerprint density at radius 3 is 2.67 bits per heavy atom. The number of carboxylic acids is 1. The molecule has 1 atom stereocenters. The molecule has 0 aliphatic carbocycles. The molecule has 0 fully saturated rings. The molecule has 1 rings (SSSR count). The summed E-state index contributed by atoms with van der Waals surface area (Å²) in [5.74, 6) is -0.966. The van der Waals surface area contributed by atoms with Gasteiger partial charge in [-0.05, 0) is 24.6 Å². The molecule has 15 heavy (non-hydrogen) atoms. The van der Waals surface area contributed by atoms with Gasteiger partial charge in [0.05, 0.1) is 10.0 Å². The van der Waals surface area contributed by atoms with Crippen molar-refractivity contribution in [3.63, 3.8) is 0 Å². The van der Waals surface area contributed by atoms with Crippen LogP contribution in [0.5, 0.6) is 0 Å². The highest BCUT2D eigenvalue weighted by Gasteiger charge is 2.06. The van der Waals surface area contributed by atoms with Gasteiger partial charge in [-0.1, -0.05) is 29.3 Å².